The first kappa shape index (κ1) is 14.3. The zero-order valence-electron chi connectivity index (χ0n) is 10.6. The third kappa shape index (κ3) is 4.16. The van der Waals surface area contributed by atoms with Gasteiger partial charge in [-0.3, -0.25) is 10.1 Å². The zero-order valence-corrected chi connectivity index (χ0v) is 11.3. The van der Waals surface area contributed by atoms with Gasteiger partial charge in [0.05, 0.1) is 0 Å². The van der Waals surface area contributed by atoms with Crippen LogP contribution in [0, 0.1) is 0 Å². The summed E-state index contributed by atoms with van der Waals surface area (Å²) in [6, 6.07) is -0.143. The number of urea groups is 1. The molecule has 3 amide bonds. The summed E-state index contributed by atoms with van der Waals surface area (Å²) in [7, 11) is 3.95. The van der Waals surface area contributed by atoms with Gasteiger partial charge in [0.1, 0.15) is 5.38 Å². The first-order valence-electron chi connectivity index (χ1n) is 5.82. The van der Waals surface area contributed by atoms with Crippen LogP contribution in [0.2, 0.25) is 0 Å². The maximum atomic E-state index is 11.9. The number of nitrogens with one attached hydrogen (secondary N) is 1. The highest BCUT2D eigenvalue weighted by atomic mass is 35.5. The van der Waals surface area contributed by atoms with E-state index in [9.17, 15) is 9.59 Å². The molecular formula is C11H20ClN3O2. The largest absolute Gasteiger partial charge is 0.324 e. The van der Waals surface area contributed by atoms with Gasteiger partial charge < -0.3 is 9.80 Å². The van der Waals surface area contributed by atoms with Crippen LogP contribution >= 0.6 is 11.6 Å². The van der Waals surface area contributed by atoms with Gasteiger partial charge in [-0.25, -0.2) is 4.79 Å². The van der Waals surface area contributed by atoms with Crippen LogP contribution in [0.15, 0.2) is 0 Å². The molecule has 1 fully saturated rings. The van der Waals surface area contributed by atoms with Gasteiger partial charge in [-0.2, -0.15) is 0 Å². The number of carbonyl (C=O) groups is 2. The van der Waals surface area contributed by atoms with Crippen molar-refractivity contribution in [2.45, 2.75) is 31.2 Å². The lowest BCUT2D eigenvalue weighted by Gasteiger charge is -2.27. The molecule has 0 spiro atoms. The van der Waals surface area contributed by atoms with Crippen LogP contribution in [0.4, 0.5) is 4.79 Å². The van der Waals surface area contributed by atoms with Crippen LogP contribution in [0.1, 0.15) is 19.8 Å². The van der Waals surface area contributed by atoms with E-state index in [4.69, 9.17) is 11.6 Å². The predicted octanol–water partition coefficient (Wildman–Crippen LogP) is 0.876. The fourth-order valence-corrected chi connectivity index (χ4v) is 2.05. The Morgan fingerprint density at radius 1 is 1.53 bits per heavy atom. The summed E-state index contributed by atoms with van der Waals surface area (Å²) in [4.78, 5) is 27.0. The van der Waals surface area contributed by atoms with Crippen molar-refractivity contribution in [2.75, 3.05) is 27.2 Å². The number of likely N-dealkylation sites (tertiary alicyclic amines) is 1. The molecular weight excluding hydrogens is 242 g/mol. The summed E-state index contributed by atoms with van der Waals surface area (Å²) in [6.45, 7) is 3.07. The summed E-state index contributed by atoms with van der Waals surface area (Å²) in [5, 5.41) is 1.64. The Balaban J connectivity index is 2.53. The first-order chi connectivity index (χ1) is 7.91. The summed E-state index contributed by atoms with van der Waals surface area (Å²) in [5.41, 5.74) is 0. The lowest BCUT2D eigenvalue weighted by molar-refractivity contribution is -0.119. The molecule has 1 aliphatic rings. The Labute approximate surface area is 107 Å². The SMILES string of the molecule is CC(Cl)C(=O)NC(=O)N1CCCC1CN(C)C. The third-order valence-electron chi connectivity index (χ3n) is 2.81. The molecule has 1 aliphatic heterocycles. The topological polar surface area (TPSA) is 52.7 Å². The zero-order chi connectivity index (χ0) is 13.0. The van der Waals surface area contributed by atoms with Crippen LogP contribution in [-0.4, -0.2) is 60.3 Å². The van der Waals surface area contributed by atoms with Crippen molar-refractivity contribution in [1.29, 1.82) is 0 Å². The molecule has 6 heteroatoms. The minimum Gasteiger partial charge on any atom is -0.320 e. The number of rotatable bonds is 3. The maximum absolute atomic E-state index is 11.9. The first-order valence-corrected chi connectivity index (χ1v) is 6.25. The van der Waals surface area contributed by atoms with Gasteiger partial charge >= 0.3 is 6.03 Å². The van der Waals surface area contributed by atoms with Crippen LogP contribution < -0.4 is 5.32 Å². The number of amides is 3. The number of hydrogen-bond acceptors (Lipinski definition) is 3. The van der Waals surface area contributed by atoms with Crippen LogP contribution in [0.3, 0.4) is 0 Å². The van der Waals surface area contributed by atoms with E-state index in [0.717, 1.165) is 19.4 Å². The van der Waals surface area contributed by atoms with Gasteiger partial charge in [0.25, 0.3) is 0 Å². The molecule has 0 saturated carbocycles. The van der Waals surface area contributed by atoms with Gasteiger partial charge in [0, 0.05) is 19.1 Å². The van der Waals surface area contributed by atoms with Crippen molar-refractivity contribution < 1.29 is 9.59 Å². The van der Waals surface area contributed by atoms with E-state index in [1.165, 1.54) is 0 Å². The molecule has 0 bridgehead atoms. The smallest absolute Gasteiger partial charge is 0.320 e. The van der Waals surface area contributed by atoms with Crippen LogP contribution in [0.5, 0.6) is 0 Å². The van der Waals surface area contributed by atoms with Gasteiger partial charge in [-0.05, 0) is 33.9 Å². The highest BCUT2D eigenvalue weighted by Gasteiger charge is 2.30. The summed E-state index contributed by atoms with van der Waals surface area (Å²) >= 11 is 5.61. The van der Waals surface area contributed by atoms with Crippen molar-refractivity contribution in [3.8, 4) is 0 Å². The predicted molar refractivity (Wildman–Crippen MR) is 67.1 cm³/mol. The highest BCUT2D eigenvalue weighted by Crippen LogP contribution is 2.17. The number of hydrogen-bond donors (Lipinski definition) is 1. The minimum absolute atomic E-state index is 0.184. The fourth-order valence-electron chi connectivity index (χ4n) is 1.99. The van der Waals surface area contributed by atoms with Crippen LogP contribution in [-0.2, 0) is 4.79 Å². The van der Waals surface area contributed by atoms with Crippen molar-refractivity contribution in [1.82, 2.24) is 15.1 Å². The molecule has 0 aromatic rings. The number of imide groups is 1. The Hall–Kier alpha value is -0.810. The van der Waals surface area contributed by atoms with Gasteiger partial charge in [0.2, 0.25) is 5.91 Å². The van der Waals surface area contributed by atoms with Crippen molar-refractivity contribution >= 4 is 23.5 Å². The van der Waals surface area contributed by atoms with Crippen molar-refractivity contribution in [3.63, 3.8) is 0 Å². The Kier molecular flexibility index (Phi) is 5.21. The van der Waals surface area contributed by atoms with Crippen LogP contribution in [0.25, 0.3) is 0 Å². The molecule has 1 rings (SSSR count). The Bertz CT molecular complexity index is 294. The number of halogens is 1. The molecule has 0 radical (unpaired) electrons. The second kappa shape index (κ2) is 6.21. The molecule has 17 heavy (non-hydrogen) atoms. The number of nitrogens with zero attached hydrogens (tertiary/aromatic N) is 2. The molecule has 1 N–H and O–H groups in total. The molecule has 98 valence electrons. The van der Waals surface area contributed by atoms with E-state index in [1.54, 1.807) is 11.8 Å². The van der Waals surface area contributed by atoms with Gasteiger partial charge in [-0.1, -0.05) is 0 Å². The molecule has 0 aromatic heterocycles. The fraction of sp³-hybridized carbons (Fsp3) is 0.818. The molecule has 2 atom stereocenters. The summed E-state index contributed by atoms with van der Waals surface area (Å²) < 4.78 is 0. The van der Waals surface area contributed by atoms with E-state index in [-0.39, 0.29) is 12.1 Å². The highest BCUT2D eigenvalue weighted by molar-refractivity contribution is 6.31. The number of carbonyl (C=O) groups excluding carboxylic acids is 2. The lowest BCUT2D eigenvalue weighted by Crippen LogP contribution is -2.49. The van der Waals surface area contributed by atoms with Gasteiger partial charge in [-0.15, -0.1) is 11.6 Å². The number of alkyl halides is 1. The molecule has 5 nitrogen and oxygen atoms in total. The molecule has 1 saturated heterocycles. The quantitative estimate of drug-likeness (QED) is 0.768. The normalized spacial score (nSPS) is 21.7. The van der Waals surface area contributed by atoms with Crippen molar-refractivity contribution in [2.24, 2.45) is 0 Å². The second-order valence-corrected chi connectivity index (χ2v) is 5.32. The molecule has 2 unspecified atom stereocenters. The maximum Gasteiger partial charge on any atom is 0.324 e. The van der Waals surface area contributed by atoms with E-state index in [2.05, 4.69) is 5.32 Å². The van der Waals surface area contributed by atoms with E-state index in [1.807, 2.05) is 19.0 Å². The molecule has 0 aliphatic carbocycles. The van der Waals surface area contributed by atoms with Crippen molar-refractivity contribution in [3.05, 3.63) is 0 Å². The molecule has 1 heterocycles. The van der Waals surface area contributed by atoms with E-state index < -0.39 is 11.3 Å². The van der Waals surface area contributed by atoms with Gasteiger partial charge in [0.15, 0.2) is 0 Å². The monoisotopic (exact) mass is 261 g/mol. The average molecular weight is 262 g/mol. The van der Waals surface area contributed by atoms with E-state index in [0.29, 0.717) is 6.54 Å². The standard InChI is InChI=1S/C11H20ClN3O2/c1-8(12)10(16)13-11(17)15-6-4-5-9(15)7-14(2)3/h8-9H,4-7H2,1-3H3,(H,13,16,17). The number of likely N-dealkylation sites (N-methyl/N-ethyl adjacent to an activating group) is 1. The Morgan fingerprint density at radius 3 is 2.71 bits per heavy atom. The average Bonchev–Trinajstić information content (AvgIpc) is 2.64. The van der Waals surface area contributed by atoms with E-state index >= 15 is 0 Å². The third-order valence-corrected chi connectivity index (χ3v) is 3.00. The Morgan fingerprint density at radius 2 is 2.18 bits per heavy atom. The molecule has 0 aromatic carbocycles. The lowest BCUT2D eigenvalue weighted by atomic mass is 10.2. The summed E-state index contributed by atoms with van der Waals surface area (Å²) in [6.07, 6.45) is 1.97. The summed E-state index contributed by atoms with van der Waals surface area (Å²) in [5.74, 6) is -0.438. The minimum atomic E-state index is -0.686. The second-order valence-electron chi connectivity index (χ2n) is 4.66.